The van der Waals surface area contributed by atoms with Crippen LogP contribution in [-0.4, -0.2) is 19.0 Å². The van der Waals surface area contributed by atoms with Gasteiger partial charge in [-0.1, -0.05) is 26.3 Å². The minimum absolute atomic E-state index is 0.300. The Kier molecular flexibility index (Phi) is 3.59. The minimum Gasteiger partial charge on any atom is -0.300 e. The lowest BCUT2D eigenvalue weighted by molar-refractivity contribution is -0.129. The van der Waals surface area contributed by atoms with Gasteiger partial charge in [0.05, 0.1) is 0 Å². The molecule has 0 heterocycles. The molecule has 6 aliphatic rings. The van der Waals surface area contributed by atoms with Crippen molar-refractivity contribution in [2.75, 3.05) is 7.05 Å². The zero-order valence-corrected chi connectivity index (χ0v) is 18.2. The molecule has 0 N–H and O–H groups in total. The molecule has 0 aromatic rings. The molecular formula is C26H37NO. The number of carbonyl (C=O) groups is 1. The van der Waals surface area contributed by atoms with E-state index in [0.29, 0.717) is 16.6 Å². The highest BCUT2D eigenvalue weighted by molar-refractivity contribution is 5.91. The van der Waals surface area contributed by atoms with Gasteiger partial charge in [-0.25, -0.2) is 0 Å². The number of hydrogen-bond acceptors (Lipinski definition) is 2. The summed E-state index contributed by atoms with van der Waals surface area (Å²) in [7, 11) is 1.99. The van der Waals surface area contributed by atoms with Gasteiger partial charge < -0.3 is 4.99 Å². The second-order valence-corrected chi connectivity index (χ2v) is 11.6. The van der Waals surface area contributed by atoms with E-state index in [-0.39, 0.29) is 0 Å². The molecule has 0 aromatic carbocycles. The second-order valence-electron chi connectivity index (χ2n) is 11.6. The van der Waals surface area contributed by atoms with Gasteiger partial charge in [0.25, 0.3) is 0 Å². The standard InChI is InChI=1S/C26H37NO/c1-5-26-11-10-19-16-7-6-15(28)12-20(16)17-8-9-18(17)22(19)24(26)21-14(2)23(21)25(26,3)13-27-4/h12-14,16-19,21-24H,5-11H2,1-4H3/t14-,16+,17-,18+,19+,21+,22+,23-,24-,25-,26-/m0/s1. The summed E-state index contributed by atoms with van der Waals surface area (Å²) < 4.78 is 0. The molecule has 0 radical (unpaired) electrons. The number of carbonyl (C=O) groups excluding carboxylic acids is 1. The molecule has 6 rings (SSSR count). The van der Waals surface area contributed by atoms with Gasteiger partial charge in [0, 0.05) is 25.1 Å². The summed E-state index contributed by atoms with van der Waals surface area (Å²) in [6.45, 7) is 7.60. The van der Waals surface area contributed by atoms with Gasteiger partial charge >= 0.3 is 0 Å². The molecule has 0 saturated heterocycles. The zero-order chi connectivity index (χ0) is 19.4. The molecule has 5 saturated carbocycles. The summed E-state index contributed by atoms with van der Waals surface area (Å²) >= 11 is 0. The van der Waals surface area contributed by atoms with Crippen molar-refractivity contribution in [3.05, 3.63) is 11.6 Å². The maximum Gasteiger partial charge on any atom is 0.155 e. The van der Waals surface area contributed by atoms with E-state index < -0.39 is 0 Å². The summed E-state index contributed by atoms with van der Waals surface area (Å²) in [4.78, 5) is 16.8. The topological polar surface area (TPSA) is 29.4 Å². The number of nitrogens with zero attached hydrogens (tertiary/aromatic N) is 1. The first kappa shape index (κ1) is 17.9. The lowest BCUT2D eigenvalue weighted by atomic mass is 9.40. The van der Waals surface area contributed by atoms with Crippen LogP contribution in [0, 0.1) is 64.1 Å². The third kappa shape index (κ3) is 1.83. The highest BCUT2D eigenvalue weighted by Crippen LogP contribution is 2.82. The molecule has 0 aromatic heterocycles. The predicted molar refractivity (Wildman–Crippen MR) is 113 cm³/mol. The summed E-state index contributed by atoms with van der Waals surface area (Å²) in [5.41, 5.74) is 2.38. The Balaban J connectivity index is 1.46. The van der Waals surface area contributed by atoms with Crippen molar-refractivity contribution in [3.63, 3.8) is 0 Å². The van der Waals surface area contributed by atoms with Crippen molar-refractivity contribution in [2.24, 2.45) is 69.1 Å². The van der Waals surface area contributed by atoms with Crippen molar-refractivity contribution in [2.45, 2.75) is 65.7 Å². The Hall–Kier alpha value is -0.920. The Morgan fingerprint density at radius 2 is 1.86 bits per heavy atom. The van der Waals surface area contributed by atoms with Crippen LogP contribution in [0.25, 0.3) is 0 Å². The maximum absolute atomic E-state index is 12.2. The largest absolute Gasteiger partial charge is 0.300 e. The number of ketones is 1. The van der Waals surface area contributed by atoms with Crippen molar-refractivity contribution >= 4 is 12.0 Å². The molecule has 152 valence electrons. The Morgan fingerprint density at radius 1 is 1.11 bits per heavy atom. The Labute approximate surface area is 170 Å². The van der Waals surface area contributed by atoms with Gasteiger partial charge in [-0.2, -0.15) is 0 Å². The van der Waals surface area contributed by atoms with E-state index in [4.69, 9.17) is 0 Å². The highest BCUT2D eigenvalue weighted by Gasteiger charge is 2.78. The van der Waals surface area contributed by atoms with Crippen molar-refractivity contribution in [3.8, 4) is 0 Å². The minimum atomic E-state index is 0.300. The summed E-state index contributed by atoms with van der Waals surface area (Å²) in [6, 6.07) is 0. The normalized spacial score (nSPS) is 58.8. The first-order valence-corrected chi connectivity index (χ1v) is 12.2. The molecule has 11 atom stereocenters. The lowest BCUT2D eigenvalue weighted by Gasteiger charge is -2.64. The van der Waals surface area contributed by atoms with E-state index >= 15 is 0 Å². The van der Waals surface area contributed by atoms with Gasteiger partial charge in [0.15, 0.2) is 5.78 Å². The second kappa shape index (κ2) is 5.61. The molecule has 0 unspecified atom stereocenters. The van der Waals surface area contributed by atoms with Gasteiger partial charge in [0.1, 0.15) is 0 Å². The predicted octanol–water partition coefficient (Wildman–Crippen LogP) is 5.57. The smallest absolute Gasteiger partial charge is 0.155 e. The van der Waals surface area contributed by atoms with Crippen LogP contribution in [0.3, 0.4) is 0 Å². The molecule has 0 aliphatic heterocycles. The lowest BCUT2D eigenvalue weighted by Crippen LogP contribution is -2.59. The fraction of sp³-hybridized carbons (Fsp3) is 0.846. The quantitative estimate of drug-likeness (QED) is 0.576. The van der Waals surface area contributed by atoms with Crippen LogP contribution in [0.1, 0.15) is 65.7 Å². The molecule has 0 bridgehead atoms. The summed E-state index contributed by atoms with van der Waals surface area (Å²) in [5, 5.41) is 0. The molecule has 2 nitrogen and oxygen atoms in total. The van der Waals surface area contributed by atoms with Crippen LogP contribution in [0.15, 0.2) is 16.6 Å². The van der Waals surface area contributed by atoms with E-state index in [2.05, 4.69) is 38.1 Å². The molecule has 5 fully saturated rings. The van der Waals surface area contributed by atoms with E-state index in [9.17, 15) is 4.79 Å². The number of fused-ring (bicyclic) bond motifs is 10. The fourth-order valence-corrected chi connectivity index (χ4v) is 10.4. The van der Waals surface area contributed by atoms with Crippen LogP contribution in [-0.2, 0) is 4.79 Å². The molecule has 28 heavy (non-hydrogen) atoms. The third-order valence-corrected chi connectivity index (χ3v) is 11.4. The number of allylic oxidation sites excluding steroid dienone is 1. The molecule has 0 amide bonds. The molecule has 2 heteroatoms. The summed E-state index contributed by atoms with van der Waals surface area (Å²) in [5.74, 6) is 8.16. The zero-order valence-electron chi connectivity index (χ0n) is 18.2. The molecule has 0 spiro atoms. The van der Waals surface area contributed by atoms with Crippen molar-refractivity contribution in [1.29, 1.82) is 0 Å². The Morgan fingerprint density at radius 3 is 2.54 bits per heavy atom. The SMILES string of the molecule is CC[C@]12CC[C@H]3[C@@H]([C@@H]4CC[C@@H]4C4=CC(=O)CC[C@@H]43)[C@@H]1[C@@H]1[C@H](C)[C@@H]1[C@]2(C)C=NC. The summed E-state index contributed by atoms with van der Waals surface area (Å²) in [6.07, 6.45) is 13.4. The van der Waals surface area contributed by atoms with E-state index in [1.807, 2.05) is 7.05 Å². The van der Waals surface area contributed by atoms with Crippen LogP contribution < -0.4 is 0 Å². The maximum atomic E-state index is 12.2. The van der Waals surface area contributed by atoms with Crippen LogP contribution in [0.4, 0.5) is 0 Å². The van der Waals surface area contributed by atoms with Crippen molar-refractivity contribution < 1.29 is 4.79 Å². The van der Waals surface area contributed by atoms with Crippen molar-refractivity contribution in [1.82, 2.24) is 0 Å². The van der Waals surface area contributed by atoms with Gasteiger partial charge in [-0.3, -0.25) is 4.79 Å². The number of hydrogen-bond donors (Lipinski definition) is 0. The fourth-order valence-electron chi connectivity index (χ4n) is 10.4. The molecular weight excluding hydrogens is 342 g/mol. The van der Waals surface area contributed by atoms with E-state index in [1.54, 1.807) is 5.57 Å². The average molecular weight is 380 g/mol. The van der Waals surface area contributed by atoms with Gasteiger partial charge in [-0.15, -0.1) is 0 Å². The monoisotopic (exact) mass is 379 g/mol. The molecule has 6 aliphatic carbocycles. The number of rotatable bonds is 2. The van der Waals surface area contributed by atoms with Crippen LogP contribution in [0.5, 0.6) is 0 Å². The van der Waals surface area contributed by atoms with Crippen LogP contribution >= 0.6 is 0 Å². The van der Waals surface area contributed by atoms with Gasteiger partial charge in [0.2, 0.25) is 0 Å². The first-order valence-electron chi connectivity index (χ1n) is 12.2. The third-order valence-electron chi connectivity index (χ3n) is 11.4. The van der Waals surface area contributed by atoms with Gasteiger partial charge in [-0.05, 0) is 103 Å². The number of aliphatic imine (C=N–C) groups is 1. The average Bonchev–Trinajstić information content (AvgIpc) is 3.24. The van der Waals surface area contributed by atoms with E-state index in [1.165, 1.54) is 32.1 Å². The van der Waals surface area contributed by atoms with E-state index in [0.717, 1.165) is 66.1 Å². The first-order chi connectivity index (χ1) is 13.5. The van der Waals surface area contributed by atoms with Crippen LogP contribution in [0.2, 0.25) is 0 Å². The highest BCUT2D eigenvalue weighted by atomic mass is 16.1. The Bertz CT molecular complexity index is 781.